The maximum Gasteiger partial charge on any atom is 0.252 e. The van der Waals surface area contributed by atoms with Crippen LogP contribution < -0.4 is 20.3 Å². The Morgan fingerprint density at radius 3 is 2.67 bits per heavy atom. The van der Waals surface area contributed by atoms with Gasteiger partial charge in [0.05, 0.1) is 19.9 Å². The van der Waals surface area contributed by atoms with Crippen LogP contribution in [-0.2, 0) is 11.2 Å². The lowest BCUT2D eigenvalue weighted by Gasteiger charge is -2.08. The van der Waals surface area contributed by atoms with E-state index in [1.54, 1.807) is 45.4 Å². The van der Waals surface area contributed by atoms with Gasteiger partial charge in [0.15, 0.2) is 11.5 Å². The Bertz CT molecular complexity index is 1150. The summed E-state index contributed by atoms with van der Waals surface area (Å²) in [6.07, 6.45) is 3.65. The highest BCUT2D eigenvalue weighted by Crippen LogP contribution is 2.28. The fourth-order valence-corrected chi connectivity index (χ4v) is 2.82. The van der Waals surface area contributed by atoms with Gasteiger partial charge in [-0.3, -0.25) is 14.6 Å². The van der Waals surface area contributed by atoms with Crippen molar-refractivity contribution in [1.82, 2.24) is 19.7 Å². The minimum Gasteiger partial charge on any atom is -0.493 e. The number of H-pyrrole nitrogens is 1. The highest BCUT2D eigenvalue weighted by atomic mass is 16.5. The van der Waals surface area contributed by atoms with Crippen molar-refractivity contribution in [1.29, 1.82) is 0 Å². The van der Waals surface area contributed by atoms with Crippen LogP contribution >= 0.6 is 0 Å². The molecule has 0 saturated heterocycles. The van der Waals surface area contributed by atoms with Crippen molar-refractivity contribution in [2.45, 2.75) is 20.3 Å². The van der Waals surface area contributed by atoms with E-state index < -0.39 is 0 Å². The molecule has 3 aromatic rings. The summed E-state index contributed by atoms with van der Waals surface area (Å²) in [4.78, 5) is 31.4. The van der Waals surface area contributed by atoms with E-state index in [2.05, 4.69) is 20.4 Å². The molecule has 156 valence electrons. The first kappa shape index (κ1) is 20.8. The van der Waals surface area contributed by atoms with E-state index in [0.717, 1.165) is 5.56 Å². The lowest BCUT2D eigenvalue weighted by atomic mass is 10.2. The number of nitrogens with zero attached hydrogens (tertiary/aromatic N) is 3. The molecule has 0 bridgehead atoms. The van der Waals surface area contributed by atoms with E-state index in [1.807, 2.05) is 13.0 Å². The van der Waals surface area contributed by atoms with Crippen LogP contribution in [0.3, 0.4) is 0 Å². The first-order valence-corrected chi connectivity index (χ1v) is 9.32. The highest BCUT2D eigenvalue weighted by molar-refractivity contribution is 6.01. The molecular weight excluding hydrogens is 386 g/mol. The molecule has 9 heteroatoms. The van der Waals surface area contributed by atoms with Crippen LogP contribution in [0.5, 0.6) is 11.5 Å². The van der Waals surface area contributed by atoms with Gasteiger partial charge in [-0.15, -0.1) is 0 Å². The van der Waals surface area contributed by atoms with Gasteiger partial charge >= 0.3 is 0 Å². The second-order valence-electron chi connectivity index (χ2n) is 6.43. The van der Waals surface area contributed by atoms with Gasteiger partial charge < -0.3 is 14.8 Å². The molecular formula is C21H23N5O4. The van der Waals surface area contributed by atoms with Crippen LogP contribution in [0.25, 0.3) is 12.0 Å². The standard InChI is InChI=1S/C21H23N5O4/c1-5-15-12-20(28)24-21(22-15)26-18(10-13(2)25-26)23-19(27)9-7-14-6-8-16(29-3)17(11-14)30-4/h6-12H,5H2,1-4H3,(H,23,27)(H,22,24,28). The monoisotopic (exact) mass is 409 g/mol. The van der Waals surface area contributed by atoms with Gasteiger partial charge in [-0.25, -0.2) is 4.98 Å². The molecule has 0 aliphatic rings. The van der Waals surface area contributed by atoms with Crippen molar-refractivity contribution in [2.75, 3.05) is 19.5 Å². The third-order valence-electron chi connectivity index (χ3n) is 4.26. The van der Waals surface area contributed by atoms with E-state index in [1.165, 1.54) is 16.8 Å². The summed E-state index contributed by atoms with van der Waals surface area (Å²) >= 11 is 0. The molecule has 1 aromatic carbocycles. The predicted octanol–water partition coefficient (Wildman–Crippen LogP) is 2.50. The summed E-state index contributed by atoms with van der Waals surface area (Å²) < 4.78 is 11.9. The second kappa shape index (κ2) is 9.08. The number of hydrogen-bond acceptors (Lipinski definition) is 6. The van der Waals surface area contributed by atoms with Gasteiger partial charge in [0.25, 0.3) is 5.56 Å². The number of benzene rings is 1. The molecule has 0 radical (unpaired) electrons. The number of aryl methyl sites for hydroxylation is 2. The lowest BCUT2D eigenvalue weighted by molar-refractivity contribution is -0.111. The topological polar surface area (TPSA) is 111 Å². The summed E-state index contributed by atoms with van der Waals surface area (Å²) in [7, 11) is 3.11. The smallest absolute Gasteiger partial charge is 0.252 e. The number of aromatic nitrogens is 4. The normalized spacial score (nSPS) is 10.9. The Hall–Kier alpha value is -3.88. The van der Waals surface area contributed by atoms with Gasteiger partial charge in [0.1, 0.15) is 5.82 Å². The third-order valence-corrected chi connectivity index (χ3v) is 4.26. The SMILES string of the molecule is CCc1cc(=O)[nH]c(-n2nc(C)cc2NC(=O)C=Cc2ccc(OC)c(OC)c2)n1. The average molecular weight is 409 g/mol. The molecule has 0 fully saturated rings. The Balaban J connectivity index is 1.82. The maximum atomic E-state index is 12.5. The maximum absolute atomic E-state index is 12.5. The molecule has 1 amide bonds. The molecule has 0 aliphatic heterocycles. The largest absolute Gasteiger partial charge is 0.493 e. The second-order valence-corrected chi connectivity index (χ2v) is 6.43. The number of nitrogens with one attached hydrogen (secondary N) is 2. The fourth-order valence-electron chi connectivity index (χ4n) is 2.82. The van der Waals surface area contributed by atoms with Crippen LogP contribution in [-0.4, -0.2) is 39.9 Å². The number of amides is 1. The first-order valence-electron chi connectivity index (χ1n) is 9.32. The van der Waals surface area contributed by atoms with Crippen molar-refractivity contribution >= 4 is 17.8 Å². The van der Waals surface area contributed by atoms with Gasteiger partial charge in [-0.05, 0) is 37.1 Å². The van der Waals surface area contributed by atoms with Gasteiger partial charge in [0.2, 0.25) is 11.9 Å². The molecule has 0 saturated carbocycles. The molecule has 0 aliphatic carbocycles. The first-order chi connectivity index (χ1) is 14.4. The minimum absolute atomic E-state index is 0.242. The summed E-state index contributed by atoms with van der Waals surface area (Å²) in [6.45, 7) is 3.69. The molecule has 0 unspecified atom stereocenters. The van der Waals surface area contributed by atoms with Gasteiger partial charge in [0, 0.05) is 23.9 Å². The van der Waals surface area contributed by atoms with Crippen LogP contribution in [0.4, 0.5) is 5.82 Å². The molecule has 2 N–H and O–H groups in total. The Morgan fingerprint density at radius 2 is 1.97 bits per heavy atom. The number of carbonyl (C=O) groups excluding carboxylic acids is 1. The van der Waals surface area contributed by atoms with Crippen molar-refractivity contribution in [3.8, 4) is 17.4 Å². The zero-order valence-corrected chi connectivity index (χ0v) is 17.2. The van der Waals surface area contributed by atoms with E-state index >= 15 is 0 Å². The van der Waals surface area contributed by atoms with Crippen LogP contribution in [0, 0.1) is 6.92 Å². The van der Waals surface area contributed by atoms with Gasteiger partial charge in [-0.2, -0.15) is 9.78 Å². The number of aromatic amines is 1. The zero-order chi connectivity index (χ0) is 21.7. The van der Waals surface area contributed by atoms with E-state index in [-0.39, 0.29) is 17.4 Å². The quantitative estimate of drug-likeness (QED) is 0.580. The number of hydrogen-bond donors (Lipinski definition) is 2. The molecule has 3 rings (SSSR count). The number of anilines is 1. The van der Waals surface area contributed by atoms with E-state index in [0.29, 0.717) is 35.1 Å². The number of ether oxygens (including phenoxy) is 2. The predicted molar refractivity (Wildman–Crippen MR) is 113 cm³/mol. The van der Waals surface area contributed by atoms with Crippen LogP contribution in [0.2, 0.25) is 0 Å². The van der Waals surface area contributed by atoms with Gasteiger partial charge in [-0.1, -0.05) is 13.0 Å². The number of rotatable bonds is 7. The molecule has 0 atom stereocenters. The van der Waals surface area contributed by atoms with Crippen LogP contribution in [0.15, 0.2) is 41.2 Å². The summed E-state index contributed by atoms with van der Waals surface area (Å²) in [5, 5.41) is 7.09. The van der Waals surface area contributed by atoms with Crippen molar-refractivity contribution < 1.29 is 14.3 Å². The van der Waals surface area contributed by atoms with Crippen LogP contribution in [0.1, 0.15) is 23.9 Å². The molecule has 30 heavy (non-hydrogen) atoms. The summed E-state index contributed by atoms with van der Waals surface area (Å²) in [6, 6.07) is 8.47. The Kier molecular flexibility index (Phi) is 6.31. The average Bonchev–Trinajstić information content (AvgIpc) is 3.11. The Morgan fingerprint density at radius 1 is 1.20 bits per heavy atom. The molecule has 0 spiro atoms. The molecule has 2 aromatic heterocycles. The van der Waals surface area contributed by atoms with Crippen molar-refractivity contribution in [3.05, 3.63) is 63.7 Å². The summed E-state index contributed by atoms with van der Waals surface area (Å²) in [5.41, 5.74) is 1.79. The lowest BCUT2D eigenvalue weighted by Crippen LogP contribution is -2.18. The molecule has 9 nitrogen and oxygen atoms in total. The number of methoxy groups -OCH3 is 2. The Labute approximate surface area is 173 Å². The van der Waals surface area contributed by atoms with E-state index in [9.17, 15) is 9.59 Å². The highest BCUT2D eigenvalue weighted by Gasteiger charge is 2.12. The molecule has 2 heterocycles. The third kappa shape index (κ3) is 4.75. The summed E-state index contributed by atoms with van der Waals surface area (Å²) in [5.74, 6) is 1.45. The number of carbonyl (C=O) groups is 1. The van der Waals surface area contributed by atoms with Crippen molar-refractivity contribution in [3.63, 3.8) is 0 Å². The van der Waals surface area contributed by atoms with E-state index in [4.69, 9.17) is 9.47 Å². The fraction of sp³-hybridized carbons (Fsp3) is 0.238. The van der Waals surface area contributed by atoms with Crippen molar-refractivity contribution in [2.24, 2.45) is 0 Å². The zero-order valence-electron chi connectivity index (χ0n) is 17.2. The minimum atomic E-state index is -0.361.